The van der Waals surface area contributed by atoms with Gasteiger partial charge in [-0.1, -0.05) is 30.3 Å². The molecule has 33 heavy (non-hydrogen) atoms. The van der Waals surface area contributed by atoms with Crippen LogP contribution in [-0.4, -0.2) is 54.8 Å². The number of para-hydroxylation sites is 1. The van der Waals surface area contributed by atoms with Crippen LogP contribution in [0.4, 0.5) is 13.2 Å². The fourth-order valence-corrected chi connectivity index (χ4v) is 4.74. The highest BCUT2D eigenvalue weighted by atomic mass is 19.3. The molecule has 0 radical (unpaired) electrons. The molecule has 0 bridgehead atoms. The van der Waals surface area contributed by atoms with Gasteiger partial charge in [0.05, 0.1) is 19.3 Å². The normalized spacial score (nSPS) is 19.1. The van der Waals surface area contributed by atoms with Crippen molar-refractivity contribution in [3.63, 3.8) is 0 Å². The van der Waals surface area contributed by atoms with Crippen LogP contribution >= 0.6 is 0 Å². The maximum atomic E-state index is 14.2. The van der Waals surface area contributed by atoms with E-state index < -0.39 is 5.92 Å². The van der Waals surface area contributed by atoms with Crippen LogP contribution in [-0.2, 0) is 6.42 Å². The van der Waals surface area contributed by atoms with Gasteiger partial charge in [0, 0.05) is 36.1 Å². The summed E-state index contributed by atoms with van der Waals surface area (Å²) < 4.78 is 46.2. The van der Waals surface area contributed by atoms with Gasteiger partial charge in [0.25, 0.3) is 5.92 Å². The highest BCUT2D eigenvalue weighted by molar-refractivity contribution is 5.85. The fraction of sp³-hybridized carbons (Fsp3) is 0.462. The molecular weight excluding hydrogens is 427 g/mol. The highest BCUT2D eigenvalue weighted by Gasteiger charge is 2.39. The molecule has 2 N–H and O–H groups in total. The van der Waals surface area contributed by atoms with Gasteiger partial charge in [-0.3, -0.25) is 9.29 Å². The zero-order chi connectivity index (χ0) is 23.4. The number of rotatable bonds is 10. The van der Waals surface area contributed by atoms with Crippen molar-refractivity contribution in [1.29, 1.82) is 0 Å². The summed E-state index contributed by atoms with van der Waals surface area (Å²) in [6.07, 6.45) is 1.22. The molecule has 4 nitrogen and oxygen atoms in total. The van der Waals surface area contributed by atoms with Gasteiger partial charge in [-0.2, -0.15) is 0 Å². The molecule has 1 aromatic heterocycles. The number of halogens is 3. The minimum absolute atomic E-state index is 0.0288. The molecule has 1 aliphatic heterocycles. The van der Waals surface area contributed by atoms with Crippen LogP contribution in [0.5, 0.6) is 5.75 Å². The summed E-state index contributed by atoms with van der Waals surface area (Å²) >= 11 is 0. The van der Waals surface area contributed by atoms with E-state index in [-0.39, 0.29) is 25.3 Å². The van der Waals surface area contributed by atoms with Gasteiger partial charge in [0.2, 0.25) is 0 Å². The molecule has 0 aliphatic carbocycles. The summed E-state index contributed by atoms with van der Waals surface area (Å²) in [7, 11) is 0. The second-order valence-electron chi connectivity index (χ2n) is 8.97. The topological polar surface area (TPSA) is 40.3 Å². The van der Waals surface area contributed by atoms with E-state index in [1.807, 2.05) is 54.3 Å². The van der Waals surface area contributed by atoms with Crippen LogP contribution in [0.1, 0.15) is 43.1 Å². The molecule has 0 fully saturated rings. The van der Waals surface area contributed by atoms with E-state index in [1.165, 1.54) is 5.56 Å². The van der Waals surface area contributed by atoms with Crippen molar-refractivity contribution in [2.45, 2.75) is 44.7 Å². The summed E-state index contributed by atoms with van der Waals surface area (Å²) in [4.78, 5) is 5.43. The summed E-state index contributed by atoms with van der Waals surface area (Å²) in [5.41, 5.74) is 4.18. The van der Waals surface area contributed by atoms with Crippen LogP contribution in [0.15, 0.2) is 48.5 Å². The Kier molecular flexibility index (Phi) is 7.29. The summed E-state index contributed by atoms with van der Waals surface area (Å²) in [6, 6.07) is 15.5. The quantitative estimate of drug-likeness (QED) is 0.394. The number of nitrogens with zero attached hydrogens (tertiary/aromatic N) is 1. The summed E-state index contributed by atoms with van der Waals surface area (Å²) in [5.74, 6) is -2.08. The molecule has 0 amide bonds. The van der Waals surface area contributed by atoms with Crippen LogP contribution in [0.2, 0.25) is 0 Å². The van der Waals surface area contributed by atoms with Gasteiger partial charge in [-0.15, -0.1) is 0 Å². The van der Waals surface area contributed by atoms with Gasteiger partial charge in [-0.25, -0.2) is 8.78 Å². The third-order valence-electron chi connectivity index (χ3n) is 6.21. The Labute approximate surface area is 193 Å². The van der Waals surface area contributed by atoms with Crippen LogP contribution in [0, 0.1) is 0 Å². The minimum Gasteiger partial charge on any atom is -0.492 e. The number of aromatic amines is 1. The van der Waals surface area contributed by atoms with E-state index in [9.17, 15) is 13.2 Å². The lowest BCUT2D eigenvalue weighted by Crippen LogP contribution is -2.47. The van der Waals surface area contributed by atoms with E-state index >= 15 is 0 Å². The Balaban J connectivity index is 1.59. The number of alkyl halides is 3. The molecule has 2 aromatic carbocycles. The Morgan fingerprint density at radius 2 is 1.88 bits per heavy atom. The second kappa shape index (κ2) is 10.2. The van der Waals surface area contributed by atoms with Gasteiger partial charge >= 0.3 is 0 Å². The number of benzene rings is 2. The van der Waals surface area contributed by atoms with Crippen molar-refractivity contribution in [2.24, 2.45) is 0 Å². The number of hydrogen-bond donors (Lipinski definition) is 2. The van der Waals surface area contributed by atoms with Crippen LogP contribution in [0.25, 0.3) is 10.9 Å². The maximum Gasteiger partial charge on any atom is 0.257 e. The first kappa shape index (κ1) is 23.6. The molecule has 1 aliphatic rings. The Morgan fingerprint density at radius 3 is 2.61 bits per heavy atom. The summed E-state index contributed by atoms with van der Waals surface area (Å²) in [6.45, 7) is 4.12. The van der Waals surface area contributed by atoms with E-state index in [0.717, 1.165) is 41.3 Å². The smallest absolute Gasteiger partial charge is 0.257 e. The average molecular weight is 460 g/mol. The average Bonchev–Trinajstić information content (AvgIpc) is 3.14. The second-order valence-corrected chi connectivity index (χ2v) is 8.97. The van der Waals surface area contributed by atoms with Gasteiger partial charge in [0.1, 0.15) is 12.4 Å². The Hall–Kier alpha value is -2.51. The standard InChI is InChI=1S/C26H32F3N3O/c1-18-16-22-21-6-3-4-7-23(21)31-24(22)25(32(18)17-26(2,28)29)19-8-10-20(11-9-19)33-15-14-30-13-5-12-27/h3-4,6-11,18,25,30-31H,5,12-17H2,1-2H3/t18-,25-/m1/s1. The first-order valence-corrected chi connectivity index (χ1v) is 11.6. The van der Waals surface area contributed by atoms with Crippen molar-refractivity contribution in [2.75, 3.05) is 32.9 Å². The molecule has 178 valence electrons. The predicted molar refractivity (Wildman–Crippen MR) is 126 cm³/mol. The number of H-pyrrole nitrogens is 1. The molecule has 2 heterocycles. The Morgan fingerprint density at radius 1 is 1.12 bits per heavy atom. The molecule has 4 rings (SSSR count). The van der Waals surface area contributed by atoms with Crippen LogP contribution in [0.3, 0.4) is 0 Å². The monoisotopic (exact) mass is 459 g/mol. The van der Waals surface area contributed by atoms with Crippen molar-refractivity contribution < 1.29 is 17.9 Å². The Bertz CT molecular complexity index is 1050. The van der Waals surface area contributed by atoms with E-state index in [0.29, 0.717) is 26.1 Å². The highest BCUT2D eigenvalue weighted by Crippen LogP contribution is 2.42. The molecule has 0 saturated heterocycles. The first-order valence-electron chi connectivity index (χ1n) is 11.6. The zero-order valence-corrected chi connectivity index (χ0v) is 19.2. The summed E-state index contributed by atoms with van der Waals surface area (Å²) in [5, 5.41) is 4.29. The number of aromatic nitrogens is 1. The van der Waals surface area contributed by atoms with E-state index in [4.69, 9.17) is 4.74 Å². The third kappa shape index (κ3) is 5.53. The lowest BCUT2D eigenvalue weighted by atomic mass is 9.88. The SMILES string of the molecule is C[C@@H]1Cc2c([nH]c3ccccc23)[C@@H](c2ccc(OCCNCCCF)cc2)N1CC(C)(F)F. The van der Waals surface area contributed by atoms with Crippen molar-refractivity contribution in [1.82, 2.24) is 15.2 Å². The number of nitrogens with one attached hydrogen (secondary N) is 2. The predicted octanol–water partition coefficient (Wildman–Crippen LogP) is 5.49. The zero-order valence-electron chi connectivity index (χ0n) is 19.2. The van der Waals surface area contributed by atoms with Gasteiger partial charge in [0.15, 0.2) is 0 Å². The van der Waals surface area contributed by atoms with Crippen LogP contribution < -0.4 is 10.1 Å². The molecule has 0 saturated carbocycles. The van der Waals surface area contributed by atoms with E-state index in [1.54, 1.807) is 0 Å². The molecular formula is C26H32F3N3O. The van der Waals surface area contributed by atoms with Gasteiger partial charge < -0.3 is 15.0 Å². The number of hydrogen-bond acceptors (Lipinski definition) is 3. The lowest BCUT2D eigenvalue weighted by Gasteiger charge is -2.42. The lowest BCUT2D eigenvalue weighted by molar-refractivity contribution is -0.0366. The van der Waals surface area contributed by atoms with E-state index in [2.05, 4.69) is 16.4 Å². The number of ether oxygens (including phenoxy) is 1. The number of fused-ring (bicyclic) bond motifs is 3. The first-order chi connectivity index (χ1) is 15.9. The fourth-order valence-electron chi connectivity index (χ4n) is 4.74. The molecule has 0 unspecified atom stereocenters. The van der Waals surface area contributed by atoms with Crippen molar-refractivity contribution in [3.05, 3.63) is 65.4 Å². The minimum atomic E-state index is -2.80. The molecule has 0 spiro atoms. The molecule has 3 aromatic rings. The van der Waals surface area contributed by atoms with Gasteiger partial charge in [-0.05, 0) is 55.6 Å². The van der Waals surface area contributed by atoms with Crippen molar-refractivity contribution >= 4 is 10.9 Å². The largest absolute Gasteiger partial charge is 0.492 e. The van der Waals surface area contributed by atoms with Crippen molar-refractivity contribution in [3.8, 4) is 5.75 Å². The maximum absolute atomic E-state index is 14.2. The third-order valence-corrected chi connectivity index (χ3v) is 6.21. The molecule has 2 atom stereocenters. The molecule has 7 heteroatoms.